The molecule has 2 nitrogen and oxygen atoms in total. The van der Waals surface area contributed by atoms with Crippen LogP contribution in [0.5, 0.6) is 0 Å². The Kier molecular flexibility index (Phi) is 4.75. The van der Waals surface area contributed by atoms with Crippen LogP contribution in [-0.4, -0.2) is 11.7 Å². The van der Waals surface area contributed by atoms with Gasteiger partial charge in [0.15, 0.2) is 0 Å². The maximum absolute atomic E-state index is 10.6. The lowest BCUT2D eigenvalue weighted by molar-refractivity contribution is 0.146. The molecule has 0 saturated carbocycles. The van der Waals surface area contributed by atoms with Gasteiger partial charge in [0.1, 0.15) is 0 Å². The number of aryl methyl sites for hydroxylation is 1. The zero-order valence-electron chi connectivity index (χ0n) is 10.9. The van der Waals surface area contributed by atoms with Gasteiger partial charge in [0.05, 0.1) is 6.10 Å². The second kappa shape index (κ2) is 6.33. The molecule has 100 valence electrons. The first kappa shape index (κ1) is 14.3. The zero-order chi connectivity index (χ0) is 13.8. The summed E-state index contributed by atoms with van der Waals surface area (Å²) in [6, 6.07) is 15.9. The topological polar surface area (TPSA) is 46.2 Å². The van der Waals surface area contributed by atoms with Crippen molar-refractivity contribution in [1.82, 2.24) is 0 Å². The Morgan fingerprint density at radius 3 is 2.47 bits per heavy atom. The number of aliphatic hydroxyl groups is 1. The highest BCUT2D eigenvalue weighted by molar-refractivity contribution is 9.10. The second-order valence-corrected chi connectivity index (χ2v) is 5.58. The minimum atomic E-state index is -0.610. The summed E-state index contributed by atoms with van der Waals surface area (Å²) >= 11 is 3.50. The molecule has 0 saturated heterocycles. The first-order valence-corrected chi connectivity index (χ1v) is 7.12. The summed E-state index contributed by atoms with van der Waals surface area (Å²) in [4.78, 5) is 0. The van der Waals surface area contributed by atoms with Gasteiger partial charge in [-0.25, -0.2) is 0 Å². The van der Waals surface area contributed by atoms with Crippen molar-refractivity contribution in [2.45, 2.75) is 18.9 Å². The van der Waals surface area contributed by atoms with Crippen LogP contribution < -0.4 is 5.73 Å². The highest BCUT2D eigenvalue weighted by Gasteiger charge is 2.23. The molecule has 2 atom stereocenters. The van der Waals surface area contributed by atoms with Crippen molar-refractivity contribution in [3.05, 3.63) is 69.7 Å². The molecule has 2 unspecified atom stereocenters. The van der Waals surface area contributed by atoms with Crippen LogP contribution in [0.3, 0.4) is 0 Å². The molecule has 0 aliphatic heterocycles. The smallest absolute Gasteiger partial charge is 0.0881 e. The molecular formula is C16H18BrNO. The average molecular weight is 320 g/mol. The average Bonchev–Trinajstić information content (AvgIpc) is 2.43. The monoisotopic (exact) mass is 319 g/mol. The summed E-state index contributed by atoms with van der Waals surface area (Å²) in [5.41, 5.74) is 8.93. The summed E-state index contributed by atoms with van der Waals surface area (Å²) < 4.78 is 0.917. The molecule has 2 aromatic carbocycles. The summed E-state index contributed by atoms with van der Waals surface area (Å²) in [5.74, 6) is -0.0979. The fourth-order valence-electron chi connectivity index (χ4n) is 2.25. The maximum Gasteiger partial charge on any atom is 0.0881 e. The quantitative estimate of drug-likeness (QED) is 0.905. The molecule has 0 aliphatic rings. The SMILES string of the molecule is Cc1ccc(Br)c(C(O)C(CN)c2ccccc2)c1. The van der Waals surface area contributed by atoms with E-state index in [9.17, 15) is 5.11 Å². The van der Waals surface area contributed by atoms with Gasteiger partial charge in [0.2, 0.25) is 0 Å². The predicted molar refractivity (Wildman–Crippen MR) is 82.1 cm³/mol. The maximum atomic E-state index is 10.6. The van der Waals surface area contributed by atoms with E-state index in [1.807, 2.05) is 55.5 Å². The number of benzene rings is 2. The number of nitrogens with two attached hydrogens (primary N) is 1. The van der Waals surface area contributed by atoms with E-state index in [4.69, 9.17) is 5.73 Å². The van der Waals surface area contributed by atoms with Crippen molar-refractivity contribution in [2.75, 3.05) is 6.54 Å². The minimum absolute atomic E-state index is 0.0979. The number of halogens is 1. The van der Waals surface area contributed by atoms with Gasteiger partial charge in [-0.3, -0.25) is 0 Å². The Bertz CT molecular complexity index is 542. The molecule has 0 heterocycles. The summed E-state index contributed by atoms with van der Waals surface area (Å²) in [5, 5.41) is 10.6. The molecule has 0 aliphatic carbocycles. The van der Waals surface area contributed by atoms with Crippen molar-refractivity contribution in [3.8, 4) is 0 Å². The molecule has 0 bridgehead atoms. The Morgan fingerprint density at radius 1 is 1.16 bits per heavy atom. The Balaban J connectivity index is 2.36. The summed E-state index contributed by atoms with van der Waals surface area (Å²) in [6.45, 7) is 2.42. The van der Waals surface area contributed by atoms with Crippen LogP contribution in [0.4, 0.5) is 0 Å². The van der Waals surface area contributed by atoms with Crippen LogP contribution in [-0.2, 0) is 0 Å². The van der Waals surface area contributed by atoms with Crippen LogP contribution in [0.1, 0.15) is 28.7 Å². The standard InChI is InChI=1S/C16H18BrNO/c1-11-7-8-15(17)13(9-11)16(19)14(10-18)12-5-3-2-4-6-12/h2-9,14,16,19H,10,18H2,1H3. The lowest BCUT2D eigenvalue weighted by Crippen LogP contribution is -2.20. The van der Waals surface area contributed by atoms with E-state index in [0.29, 0.717) is 6.54 Å². The fourth-order valence-corrected chi connectivity index (χ4v) is 2.74. The Labute approximate surface area is 122 Å². The van der Waals surface area contributed by atoms with Crippen molar-refractivity contribution in [1.29, 1.82) is 0 Å². The molecule has 0 fully saturated rings. The third-order valence-corrected chi connectivity index (χ3v) is 4.06. The van der Waals surface area contributed by atoms with Gasteiger partial charge >= 0.3 is 0 Å². The number of hydrogen-bond acceptors (Lipinski definition) is 2. The highest BCUT2D eigenvalue weighted by atomic mass is 79.9. The van der Waals surface area contributed by atoms with Crippen LogP contribution in [0.2, 0.25) is 0 Å². The van der Waals surface area contributed by atoms with Gasteiger partial charge in [-0.2, -0.15) is 0 Å². The summed E-state index contributed by atoms with van der Waals surface area (Å²) in [7, 11) is 0. The van der Waals surface area contributed by atoms with E-state index >= 15 is 0 Å². The lowest BCUT2D eigenvalue weighted by atomic mass is 9.89. The highest BCUT2D eigenvalue weighted by Crippen LogP contribution is 2.34. The van der Waals surface area contributed by atoms with Gasteiger partial charge in [-0.1, -0.05) is 64.0 Å². The molecular weight excluding hydrogens is 302 g/mol. The molecule has 3 N–H and O–H groups in total. The fraction of sp³-hybridized carbons (Fsp3) is 0.250. The van der Waals surface area contributed by atoms with Crippen LogP contribution in [0.25, 0.3) is 0 Å². The third-order valence-electron chi connectivity index (χ3n) is 3.33. The van der Waals surface area contributed by atoms with E-state index in [1.165, 1.54) is 0 Å². The van der Waals surface area contributed by atoms with E-state index < -0.39 is 6.10 Å². The van der Waals surface area contributed by atoms with Crippen molar-refractivity contribution in [3.63, 3.8) is 0 Å². The first-order chi connectivity index (χ1) is 9.13. The van der Waals surface area contributed by atoms with Crippen LogP contribution in [0, 0.1) is 6.92 Å². The number of rotatable bonds is 4. The molecule has 0 aromatic heterocycles. The van der Waals surface area contributed by atoms with Gasteiger partial charge in [0.25, 0.3) is 0 Å². The van der Waals surface area contributed by atoms with E-state index in [2.05, 4.69) is 15.9 Å². The predicted octanol–water partition coefficient (Wildman–Crippen LogP) is 3.53. The second-order valence-electron chi connectivity index (χ2n) is 4.72. The van der Waals surface area contributed by atoms with Crippen molar-refractivity contribution >= 4 is 15.9 Å². The third kappa shape index (κ3) is 3.24. The largest absolute Gasteiger partial charge is 0.388 e. The minimum Gasteiger partial charge on any atom is -0.388 e. The first-order valence-electron chi connectivity index (χ1n) is 6.32. The Hall–Kier alpha value is -1.16. The normalized spacial score (nSPS) is 14.1. The van der Waals surface area contributed by atoms with E-state index in [-0.39, 0.29) is 5.92 Å². The van der Waals surface area contributed by atoms with Crippen molar-refractivity contribution < 1.29 is 5.11 Å². The molecule has 0 spiro atoms. The zero-order valence-corrected chi connectivity index (χ0v) is 12.5. The molecule has 2 rings (SSSR count). The molecule has 0 amide bonds. The summed E-state index contributed by atoms with van der Waals surface area (Å²) in [6.07, 6.45) is -0.610. The lowest BCUT2D eigenvalue weighted by Gasteiger charge is -2.23. The van der Waals surface area contributed by atoms with Gasteiger partial charge < -0.3 is 10.8 Å². The molecule has 0 radical (unpaired) electrons. The number of hydrogen-bond donors (Lipinski definition) is 2. The van der Waals surface area contributed by atoms with Crippen LogP contribution >= 0.6 is 15.9 Å². The van der Waals surface area contributed by atoms with Gasteiger partial charge in [-0.05, 0) is 24.1 Å². The van der Waals surface area contributed by atoms with Gasteiger partial charge in [-0.15, -0.1) is 0 Å². The molecule has 3 heteroatoms. The van der Waals surface area contributed by atoms with Crippen LogP contribution in [0.15, 0.2) is 53.0 Å². The molecule has 2 aromatic rings. The van der Waals surface area contributed by atoms with Gasteiger partial charge in [0, 0.05) is 16.9 Å². The van der Waals surface area contributed by atoms with Crippen molar-refractivity contribution in [2.24, 2.45) is 5.73 Å². The number of aliphatic hydroxyl groups excluding tert-OH is 1. The van der Waals surface area contributed by atoms with E-state index in [0.717, 1.165) is 21.2 Å². The Morgan fingerprint density at radius 2 is 1.84 bits per heavy atom. The molecule has 19 heavy (non-hydrogen) atoms. The van der Waals surface area contributed by atoms with E-state index in [1.54, 1.807) is 0 Å².